The number of anilines is 1. The zero-order valence-electron chi connectivity index (χ0n) is 14.1. The maximum absolute atomic E-state index is 4.36. The summed E-state index contributed by atoms with van der Waals surface area (Å²) in [5.41, 5.74) is 2.51. The van der Waals surface area contributed by atoms with Gasteiger partial charge in [0.05, 0.1) is 6.54 Å². The third-order valence-corrected chi connectivity index (χ3v) is 4.77. The molecule has 126 valence electrons. The van der Waals surface area contributed by atoms with Crippen LogP contribution in [0.1, 0.15) is 15.4 Å². The van der Waals surface area contributed by atoms with Crippen LogP contribution in [0.3, 0.4) is 0 Å². The zero-order chi connectivity index (χ0) is 16.8. The van der Waals surface area contributed by atoms with E-state index in [2.05, 4.69) is 68.9 Å². The second-order valence-electron chi connectivity index (χ2n) is 5.69. The van der Waals surface area contributed by atoms with Gasteiger partial charge in [-0.15, -0.1) is 11.3 Å². The highest BCUT2D eigenvalue weighted by molar-refractivity contribution is 7.11. The van der Waals surface area contributed by atoms with Crippen molar-refractivity contribution in [2.45, 2.75) is 20.0 Å². The second-order valence-corrected chi connectivity index (χ2v) is 7.01. The van der Waals surface area contributed by atoms with Crippen molar-refractivity contribution in [3.63, 3.8) is 0 Å². The molecule has 0 saturated heterocycles. The van der Waals surface area contributed by atoms with Crippen molar-refractivity contribution in [3.05, 3.63) is 58.1 Å². The first-order valence-electron chi connectivity index (χ1n) is 8.09. The summed E-state index contributed by atoms with van der Waals surface area (Å²) in [5.74, 6) is 0.788. The Kier molecular flexibility index (Phi) is 5.48. The van der Waals surface area contributed by atoms with Gasteiger partial charge in [0.1, 0.15) is 5.01 Å². The van der Waals surface area contributed by atoms with Gasteiger partial charge in [0, 0.05) is 43.4 Å². The number of aryl methyl sites for hydroxylation is 1. The van der Waals surface area contributed by atoms with Gasteiger partial charge in [-0.05, 0) is 24.6 Å². The average Bonchev–Trinajstić information content (AvgIpc) is 3.27. The molecule has 1 aliphatic rings. The SMILES string of the molecule is CN=C(NCc1cccc(N2CC=CC2)c1)NCc1ncc(C)s1. The third-order valence-electron chi connectivity index (χ3n) is 3.85. The maximum atomic E-state index is 4.36. The van der Waals surface area contributed by atoms with E-state index in [9.17, 15) is 0 Å². The fraction of sp³-hybridized carbons (Fsp3) is 0.333. The molecule has 0 amide bonds. The topological polar surface area (TPSA) is 52.6 Å². The number of nitrogens with one attached hydrogen (secondary N) is 2. The van der Waals surface area contributed by atoms with Crippen LogP contribution in [0.4, 0.5) is 5.69 Å². The molecule has 0 spiro atoms. The Morgan fingerprint density at radius 3 is 2.75 bits per heavy atom. The lowest BCUT2D eigenvalue weighted by Crippen LogP contribution is -2.36. The summed E-state index contributed by atoms with van der Waals surface area (Å²) < 4.78 is 0. The van der Waals surface area contributed by atoms with E-state index in [0.717, 1.165) is 30.6 Å². The minimum atomic E-state index is 0.692. The van der Waals surface area contributed by atoms with E-state index in [-0.39, 0.29) is 0 Å². The molecule has 0 fully saturated rings. The van der Waals surface area contributed by atoms with Gasteiger partial charge in [0.25, 0.3) is 0 Å². The Morgan fingerprint density at radius 2 is 2.04 bits per heavy atom. The molecule has 1 aromatic carbocycles. The smallest absolute Gasteiger partial charge is 0.191 e. The monoisotopic (exact) mass is 341 g/mol. The molecule has 0 radical (unpaired) electrons. The van der Waals surface area contributed by atoms with E-state index >= 15 is 0 Å². The highest BCUT2D eigenvalue weighted by Gasteiger charge is 2.08. The fourth-order valence-electron chi connectivity index (χ4n) is 2.60. The molecule has 5 nitrogen and oxygen atoms in total. The predicted molar refractivity (Wildman–Crippen MR) is 102 cm³/mol. The summed E-state index contributed by atoms with van der Waals surface area (Å²) in [4.78, 5) is 12.2. The number of aromatic nitrogens is 1. The largest absolute Gasteiger partial charge is 0.364 e. The molecule has 0 bridgehead atoms. The highest BCUT2D eigenvalue weighted by atomic mass is 32.1. The first-order valence-corrected chi connectivity index (χ1v) is 8.91. The van der Waals surface area contributed by atoms with Gasteiger partial charge in [-0.2, -0.15) is 0 Å². The summed E-state index contributed by atoms with van der Waals surface area (Å²) in [6.45, 7) is 5.49. The fourth-order valence-corrected chi connectivity index (χ4v) is 3.33. The molecule has 1 aliphatic heterocycles. The average molecular weight is 341 g/mol. The number of rotatable bonds is 5. The van der Waals surface area contributed by atoms with E-state index in [0.29, 0.717) is 6.54 Å². The standard InChI is InChI=1S/C18H23N5S/c1-14-11-20-17(24-14)13-22-18(19-2)21-12-15-6-5-7-16(10-15)23-8-3-4-9-23/h3-7,10-11H,8-9,12-13H2,1-2H3,(H2,19,21,22). The van der Waals surface area contributed by atoms with Gasteiger partial charge >= 0.3 is 0 Å². The number of nitrogens with zero attached hydrogens (tertiary/aromatic N) is 3. The molecule has 0 atom stereocenters. The van der Waals surface area contributed by atoms with E-state index in [4.69, 9.17) is 0 Å². The van der Waals surface area contributed by atoms with Crippen LogP contribution in [0.15, 0.2) is 47.6 Å². The molecule has 6 heteroatoms. The van der Waals surface area contributed by atoms with E-state index in [1.807, 2.05) is 6.20 Å². The summed E-state index contributed by atoms with van der Waals surface area (Å²) in [6, 6.07) is 8.64. The first-order chi connectivity index (χ1) is 11.7. The molecule has 0 aliphatic carbocycles. The Hall–Kier alpha value is -2.34. The van der Waals surface area contributed by atoms with E-state index in [1.54, 1.807) is 18.4 Å². The molecular weight excluding hydrogens is 318 g/mol. The number of guanidine groups is 1. The normalized spacial score (nSPS) is 14.2. The van der Waals surface area contributed by atoms with Gasteiger partial charge in [0.15, 0.2) is 5.96 Å². The summed E-state index contributed by atoms with van der Waals surface area (Å²) in [5, 5.41) is 7.74. The second kappa shape index (κ2) is 7.97. The van der Waals surface area contributed by atoms with Crippen LogP contribution in [-0.2, 0) is 13.1 Å². The predicted octanol–water partition coefficient (Wildman–Crippen LogP) is 2.69. The van der Waals surface area contributed by atoms with Crippen LogP contribution < -0.4 is 15.5 Å². The van der Waals surface area contributed by atoms with Crippen molar-refractivity contribution >= 4 is 23.0 Å². The number of thiazole rings is 1. The van der Waals surface area contributed by atoms with Crippen molar-refractivity contribution in [1.82, 2.24) is 15.6 Å². The van der Waals surface area contributed by atoms with Crippen molar-refractivity contribution in [3.8, 4) is 0 Å². The van der Waals surface area contributed by atoms with Crippen LogP contribution in [0, 0.1) is 6.92 Å². The lowest BCUT2D eigenvalue weighted by molar-refractivity contribution is 0.804. The molecular formula is C18H23N5S. The number of benzene rings is 1. The van der Waals surface area contributed by atoms with E-state index in [1.165, 1.54) is 16.1 Å². The van der Waals surface area contributed by atoms with Crippen LogP contribution >= 0.6 is 11.3 Å². The zero-order valence-corrected chi connectivity index (χ0v) is 14.9. The van der Waals surface area contributed by atoms with Gasteiger partial charge in [-0.25, -0.2) is 4.98 Å². The van der Waals surface area contributed by atoms with Crippen LogP contribution in [-0.4, -0.2) is 31.1 Å². The van der Waals surface area contributed by atoms with Crippen molar-refractivity contribution in [1.29, 1.82) is 0 Å². The van der Waals surface area contributed by atoms with Crippen molar-refractivity contribution in [2.24, 2.45) is 4.99 Å². The minimum Gasteiger partial charge on any atom is -0.364 e. The Morgan fingerprint density at radius 1 is 1.25 bits per heavy atom. The van der Waals surface area contributed by atoms with Crippen LogP contribution in [0.2, 0.25) is 0 Å². The lowest BCUT2D eigenvalue weighted by Gasteiger charge is -2.19. The summed E-state index contributed by atoms with van der Waals surface area (Å²) in [6.07, 6.45) is 6.31. The highest BCUT2D eigenvalue weighted by Crippen LogP contribution is 2.18. The van der Waals surface area contributed by atoms with Crippen LogP contribution in [0.25, 0.3) is 0 Å². The maximum Gasteiger partial charge on any atom is 0.191 e. The molecule has 3 rings (SSSR count). The minimum absolute atomic E-state index is 0.692. The number of aliphatic imine (C=N–C) groups is 1. The van der Waals surface area contributed by atoms with E-state index < -0.39 is 0 Å². The molecule has 0 unspecified atom stereocenters. The molecule has 2 aromatic rings. The third kappa shape index (κ3) is 4.35. The summed E-state index contributed by atoms with van der Waals surface area (Å²) >= 11 is 1.70. The van der Waals surface area contributed by atoms with Gasteiger partial charge < -0.3 is 15.5 Å². The van der Waals surface area contributed by atoms with Crippen molar-refractivity contribution < 1.29 is 0 Å². The molecule has 0 saturated carbocycles. The molecule has 2 N–H and O–H groups in total. The Labute approximate surface area is 147 Å². The number of hydrogen-bond donors (Lipinski definition) is 2. The number of hydrogen-bond acceptors (Lipinski definition) is 4. The van der Waals surface area contributed by atoms with Crippen LogP contribution in [0.5, 0.6) is 0 Å². The van der Waals surface area contributed by atoms with Crippen molar-refractivity contribution in [2.75, 3.05) is 25.0 Å². The first kappa shape index (κ1) is 16.5. The van der Waals surface area contributed by atoms with Gasteiger partial charge in [-0.3, -0.25) is 4.99 Å². The lowest BCUT2D eigenvalue weighted by atomic mass is 10.2. The quantitative estimate of drug-likeness (QED) is 0.499. The summed E-state index contributed by atoms with van der Waals surface area (Å²) in [7, 11) is 1.79. The van der Waals surface area contributed by atoms with Gasteiger partial charge in [0.2, 0.25) is 0 Å². The Bertz CT molecular complexity index is 727. The molecule has 1 aromatic heterocycles. The molecule has 24 heavy (non-hydrogen) atoms. The van der Waals surface area contributed by atoms with Gasteiger partial charge in [-0.1, -0.05) is 24.3 Å². The molecule has 2 heterocycles. The Balaban J connectivity index is 1.52.